The van der Waals surface area contributed by atoms with Gasteiger partial charge in [0.05, 0.1) is 18.7 Å². The standard InChI is InChI=1S/C15H16N2O3/c1-9-5-12(8-16)6-10(2)13(9)7-14(15(19)20-4)17-11(3)18/h5-7H,1-4H3,(H,17,18)/b14-7-. The Bertz CT molecular complexity index is 601. The summed E-state index contributed by atoms with van der Waals surface area (Å²) in [5.74, 6) is -0.978. The number of hydrogen-bond acceptors (Lipinski definition) is 4. The lowest BCUT2D eigenvalue weighted by Gasteiger charge is -2.10. The summed E-state index contributed by atoms with van der Waals surface area (Å²) in [6.07, 6.45) is 1.55. The summed E-state index contributed by atoms with van der Waals surface area (Å²) < 4.78 is 4.64. The smallest absolute Gasteiger partial charge is 0.354 e. The van der Waals surface area contributed by atoms with Crippen LogP contribution in [0.5, 0.6) is 0 Å². The van der Waals surface area contributed by atoms with E-state index in [2.05, 4.69) is 16.1 Å². The monoisotopic (exact) mass is 272 g/mol. The maximum atomic E-state index is 11.6. The van der Waals surface area contributed by atoms with Crippen LogP contribution < -0.4 is 5.32 Å². The van der Waals surface area contributed by atoms with Gasteiger partial charge in [0.15, 0.2) is 0 Å². The van der Waals surface area contributed by atoms with Gasteiger partial charge in [-0.2, -0.15) is 5.26 Å². The Kier molecular flexibility index (Phi) is 5.04. The van der Waals surface area contributed by atoms with Crippen molar-refractivity contribution in [1.29, 1.82) is 5.26 Å². The molecule has 1 aromatic carbocycles. The highest BCUT2D eigenvalue weighted by Gasteiger charge is 2.13. The molecule has 0 saturated heterocycles. The van der Waals surface area contributed by atoms with Crippen LogP contribution in [0.15, 0.2) is 17.8 Å². The number of esters is 1. The minimum absolute atomic E-state index is 0.0657. The van der Waals surface area contributed by atoms with E-state index in [0.29, 0.717) is 5.56 Å². The molecule has 0 heterocycles. The topological polar surface area (TPSA) is 79.2 Å². The van der Waals surface area contributed by atoms with Crippen molar-refractivity contribution in [3.8, 4) is 6.07 Å². The Hall–Kier alpha value is -2.61. The number of nitriles is 1. The number of amides is 1. The lowest BCUT2D eigenvalue weighted by Crippen LogP contribution is -2.25. The second-order valence-corrected chi connectivity index (χ2v) is 4.37. The van der Waals surface area contributed by atoms with Crippen LogP contribution in [0, 0.1) is 25.2 Å². The van der Waals surface area contributed by atoms with E-state index in [0.717, 1.165) is 16.7 Å². The van der Waals surface area contributed by atoms with E-state index >= 15 is 0 Å². The minimum atomic E-state index is -0.622. The summed E-state index contributed by atoms with van der Waals surface area (Å²) in [5, 5.41) is 11.4. The third-order valence-electron chi connectivity index (χ3n) is 2.73. The van der Waals surface area contributed by atoms with Crippen molar-refractivity contribution in [1.82, 2.24) is 5.32 Å². The van der Waals surface area contributed by atoms with Gasteiger partial charge < -0.3 is 10.1 Å². The van der Waals surface area contributed by atoms with Crippen molar-refractivity contribution < 1.29 is 14.3 Å². The first-order chi connectivity index (χ1) is 9.38. The van der Waals surface area contributed by atoms with Crippen molar-refractivity contribution in [2.45, 2.75) is 20.8 Å². The molecule has 20 heavy (non-hydrogen) atoms. The van der Waals surface area contributed by atoms with Crippen LogP contribution in [-0.4, -0.2) is 19.0 Å². The fraction of sp³-hybridized carbons (Fsp3) is 0.267. The largest absolute Gasteiger partial charge is 0.464 e. The number of nitrogens with zero attached hydrogens (tertiary/aromatic N) is 1. The molecule has 0 aliphatic heterocycles. The van der Waals surface area contributed by atoms with E-state index in [1.807, 2.05) is 13.8 Å². The van der Waals surface area contributed by atoms with E-state index in [9.17, 15) is 9.59 Å². The molecule has 5 heteroatoms. The van der Waals surface area contributed by atoms with Crippen LogP contribution in [0.4, 0.5) is 0 Å². The van der Waals surface area contributed by atoms with Gasteiger partial charge in [0.25, 0.3) is 0 Å². The van der Waals surface area contributed by atoms with Crippen molar-refractivity contribution in [3.05, 3.63) is 40.1 Å². The van der Waals surface area contributed by atoms with Crippen molar-refractivity contribution in [2.75, 3.05) is 7.11 Å². The van der Waals surface area contributed by atoms with E-state index in [1.165, 1.54) is 14.0 Å². The van der Waals surface area contributed by atoms with Gasteiger partial charge in [-0.05, 0) is 48.7 Å². The third kappa shape index (κ3) is 3.69. The molecule has 1 aromatic rings. The molecule has 0 aliphatic carbocycles. The molecular weight excluding hydrogens is 256 g/mol. The van der Waals surface area contributed by atoms with Crippen LogP contribution in [-0.2, 0) is 14.3 Å². The van der Waals surface area contributed by atoms with Crippen molar-refractivity contribution >= 4 is 18.0 Å². The molecule has 0 aromatic heterocycles. The van der Waals surface area contributed by atoms with Gasteiger partial charge in [-0.3, -0.25) is 4.79 Å². The van der Waals surface area contributed by atoms with Gasteiger partial charge in [-0.15, -0.1) is 0 Å². The normalized spacial score (nSPS) is 10.7. The minimum Gasteiger partial charge on any atom is -0.464 e. The molecule has 0 aliphatic rings. The highest BCUT2D eigenvalue weighted by atomic mass is 16.5. The number of hydrogen-bond donors (Lipinski definition) is 1. The Labute approximate surface area is 117 Å². The first-order valence-corrected chi connectivity index (χ1v) is 5.98. The molecule has 0 bridgehead atoms. The van der Waals surface area contributed by atoms with E-state index in [1.54, 1.807) is 18.2 Å². The van der Waals surface area contributed by atoms with E-state index in [-0.39, 0.29) is 11.6 Å². The number of nitrogens with one attached hydrogen (secondary N) is 1. The summed E-state index contributed by atoms with van der Waals surface area (Å²) in [6, 6.07) is 5.52. The maximum Gasteiger partial charge on any atom is 0.354 e. The Morgan fingerprint density at radius 2 is 1.85 bits per heavy atom. The summed E-state index contributed by atoms with van der Waals surface area (Å²) in [7, 11) is 1.25. The molecule has 0 fully saturated rings. The van der Waals surface area contributed by atoms with Crippen LogP contribution in [0.25, 0.3) is 6.08 Å². The number of aryl methyl sites for hydroxylation is 2. The van der Waals surface area contributed by atoms with Gasteiger partial charge in [-0.25, -0.2) is 4.79 Å². The lowest BCUT2D eigenvalue weighted by atomic mass is 9.99. The second kappa shape index (κ2) is 6.53. The van der Waals surface area contributed by atoms with Crippen LogP contribution in [0.1, 0.15) is 29.2 Å². The molecule has 0 spiro atoms. The van der Waals surface area contributed by atoms with Crippen LogP contribution >= 0.6 is 0 Å². The Balaban J connectivity index is 3.34. The number of methoxy groups -OCH3 is 1. The van der Waals surface area contributed by atoms with Gasteiger partial charge in [0, 0.05) is 6.92 Å². The molecule has 5 nitrogen and oxygen atoms in total. The zero-order valence-corrected chi connectivity index (χ0v) is 11.9. The number of carbonyl (C=O) groups is 2. The predicted octanol–water partition coefficient (Wildman–Crippen LogP) is 1.83. The van der Waals surface area contributed by atoms with Crippen molar-refractivity contribution in [2.24, 2.45) is 0 Å². The highest BCUT2D eigenvalue weighted by molar-refractivity contribution is 5.97. The third-order valence-corrected chi connectivity index (χ3v) is 2.73. The average molecular weight is 272 g/mol. The van der Waals surface area contributed by atoms with E-state index < -0.39 is 5.97 Å². The molecule has 104 valence electrons. The fourth-order valence-corrected chi connectivity index (χ4v) is 1.86. The molecular formula is C15H16N2O3. The summed E-state index contributed by atoms with van der Waals surface area (Å²) in [4.78, 5) is 22.8. The molecule has 1 amide bonds. The van der Waals surface area contributed by atoms with Crippen LogP contribution in [0.3, 0.4) is 0 Å². The van der Waals surface area contributed by atoms with Gasteiger partial charge in [-0.1, -0.05) is 0 Å². The van der Waals surface area contributed by atoms with Gasteiger partial charge >= 0.3 is 5.97 Å². The maximum absolute atomic E-state index is 11.6. The first kappa shape index (κ1) is 15.4. The quantitative estimate of drug-likeness (QED) is 0.672. The van der Waals surface area contributed by atoms with Crippen LogP contribution in [0.2, 0.25) is 0 Å². The lowest BCUT2D eigenvalue weighted by molar-refractivity contribution is -0.137. The molecule has 0 saturated carbocycles. The molecule has 0 atom stereocenters. The highest BCUT2D eigenvalue weighted by Crippen LogP contribution is 2.19. The number of rotatable bonds is 3. The SMILES string of the molecule is COC(=O)/C(=C/c1c(C)cc(C#N)cc1C)NC(C)=O. The second-order valence-electron chi connectivity index (χ2n) is 4.37. The average Bonchev–Trinajstić information content (AvgIpc) is 2.39. The zero-order chi connectivity index (χ0) is 15.3. The van der Waals surface area contributed by atoms with Gasteiger partial charge in [0.1, 0.15) is 5.70 Å². The van der Waals surface area contributed by atoms with Gasteiger partial charge in [0.2, 0.25) is 5.91 Å². The van der Waals surface area contributed by atoms with Crippen molar-refractivity contribution in [3.63, 3.8) is 0 Å². The number of benzene rings is 1. The zero-order valence-electron chi connectivity index (χ0n) is 11.9. The summed E-state index contributed by atoms with van der Waals surface area (Å²) in [6.45, 7) is 4.99. The van der Waals surface area contributed by atoms with E-state index in [4.69, 9.17) is 5.26 Å². The Morgan fingerprint density at radius 3 is 2.25 bits per heavy atom. The fourth-order valence-electron chi connectivity index (χ4n) is 1.86. The molecule has 0 radical (unpaired) electrons. The Morgan fingerprint density at radius 1 is 1.30 bits per heavy atom. The molecule has 1 N–H and O–H groups in total. The molecule has 1 rings (SSSR count). The first-order valence-electron chi connectivity index (χ1n) is 5.98. The molecule has 0 unspecified atom stereocenters. The predicted molar refractivity (Wildman–Crippen MR) is 74.4 cm³/mol. The summed E-state index contributed by atoms with van der Waals surface area (Å²) >= 11 is 0. The number of ether oxygens (including phenoxy) is 1. The number of carbonyl (C=O) groups excluding carboxylic acids is 2. The summed E-state index contributed by atoms with van der Waals surface area (Å²) in [5.41, 5.74) is 3.08.